The minimum atomic E-state index is -0.0611. The highest BCUT2D eigenvalue weighted by Crippen LogP contribution is 2.09. The molecule has 0 aromatic carbocycles. The Kier molecular flexibility index (Phi) is 3.85. The molecule has 0 saturated carbocycles. The zero-order valence-corrected chi connectivity index (χ0v) is 7.58. The summed E-state index contributed by atoms with van der Waals surface area (Å²) in [5.41, 5.74) is 0. The molecule has 0 N–H and O–H groups in total. The molecule has 1 aliphatic rings. The van der Waals surface area contributed by atoms with Crippen molar-refractivity contribution in [3.63, 3.8) is 0 Å². The van der Waals surface area contributed by atoms with Gasteiger partial charge in [-0.3, -0.25) is 4.79 Å². The summed E-state index contributed by atoms with van der Waals surface area (Å²) in [6.45, 7) is 1.96. The number of cyclic esters (lactones) is 1. The molecule has 0 bridgehead atoms. The van der Waals surface area contributed by atoms with Crippen molar-refractivity contribution < 1.29 is 9.53 Å². The zero-order chi connectivity index (χ0) is 8.81. The molecule has 12 heavy (non-hydrogen) atoms. The lowest BCUT2D eigenvalue weighted by atomic mass is 10.1. The maximum atomic E-state index is 11.1. The lowest BCUT2D eigenvalue weighted by Crippen LogP contribution is -2.14. The van der Waals surface area contributed by atoms with Crippen molar-refractivity contribution >= 4 is 5.97 Å². The molecule has 1 unspecified atom stereocenters. The maximum Gasteiger partial charge on any atom is 0.306 e. The predicted octanol–water partition coefficient (Wildman–Crippen LogP) is 2.44. The summed E-state index contributed by atoms with van der Waals surface area (Å²) in [5.74, 6) is -0.0611. The van der Waals surface area contributed by atoms with E-state index in [1.54, 1.807) is 0 Å². The Balaban J connectivity index is 2.40. The Morgan fingerprint density at radius 3 is 3.00 bits per heavy atom. The summed E-state index contributed by atoms with van der Waals surface area (Å²) >= 11 is 0. The van der Waals surface area contributed by atoms with Crippen LogP contribution in [0, 0.1) is 0 Å². The van der Waals surface area contributed by atoms with Crippen molar-refractivity contribution in [2.75, 3.05) is 0 Å². The topological polar surface area (TPSA) is 26.3 Å². The number of esters is 1. The molecule has 1 heterocycles. The molecule has 1 rings (SSSR count). The van der Waals surface area contributed by atoms with Gasteiger partial charge in [0.05, 0.1) is 6.10 Å². The second-order valence-electron chi connectivity index (χ2n) is 3.24. The van der Waals surface area contributed by atoms with Gasteiger partial charge in [0, 0.05) is 6.42 Å². The highest BCUT2D eigenvalue weighted by atomic mass is 16.5. The van der Waals surface area contributed by atoms with Gasteiger partial charge in [0.1, 0.15) is 0 Å². The molecule has 0 aliphatic carbocycles. The smallest absolute Gasteiger partial charge is 0.306 e. The van der Waals surface area contributed by atoms with Gasteiger partial charge in [0.2, 0.25) is 0 Å². The maximum absolute atomic E-state index is 11.1. The fourth-order valence-electron chi connectivity index (χ4n) is 1.30. The number of allylic oxidation sites excluding steroid dienone is 2. The Hall–Kier alpha value is -0.790. The number of rotatable bonds is 0. The fraction of sp³-hybridized carbons (Fsp3) is 0.700. The Labute approximate surface area is 73.6 Å². The summed E-state index contributed by atoms with van der Waals surface area (Å²) in [6.07, 6.45) is 8.89. The van der Waals surface area contributed by atoms with Crippen molar-refractivity contribution in [3.8, 4) is 0 Å². The van der Waals surface area contributed by atoms with E-state index in [1.165, 1.54) is 0 Å². The number of carbonyl (C=O) groups is 1. The average molecular weight is 168 g/mol. The minimum Gasteiger partial charge on any atom is -0.463 e. The predicted molar refractivity (Wildman–Crippen MR) is 47.8 cm³/mol. The molecule has 0 amide bonds. The molecule has 0 fully saturated rings. The van der Waals surface area contributed by atoms with E-state index in [4.69, 9.17) is 4.74 Å². The summed E-state index contributed by atoms with van der Waals surface area (Å²) in [5, 5.41) is 0. The third-order valence-corrected chi connectivity index (χ3v) is 2.00. The Morgan fingerprint density at radius 2 is 2.17 bits per heavy atom. The quantitative estimate of drug-likeness (QED) is 0.410. The Morgan fingerprint density at radius 1 is 1.42 bits per heavy atom. The first-order valence-corrected chi connectivity index (χ1v) is 4.63. The molecule has 0 radical (unpaired) electrons. The van der Waals surface area contributed by atoms with Crippen LogP contribution < -0.4 is 0 Å². The van der Waals surface area contributed by atoms with Crippen LogP contribution in [0.1, 0.15) is 39.0 Å². The van der Waals surface area contributed by atoms with Gasteiger partial charge in [0.15, 0.2) is 0 Å². The Bertz CT molecular complexity index is 173. The standard InChI is InChI=1S/C10H16O2/c1-9-7-5-3-2-4-6-8-10(11)12-9/h2,4,9H,3,5-8H2,1H3. The van der Waals surface area contributed by atoms with E-state index in [9.17, 15) is 4.79 Å². The van der Waals surface area contributed by atoms with Crippen LogP contribution in [0.25, 0.3) is 0 Å². The summed E-state index contributed by atoms with van der Waals surface area (Å²) < 4.78 is 5.15. The average Bonchev–Trinajstić information content (AvgIpc) is 2.02. The largest absolute Gasteiger partial charge is 0.463 e. The molecule has 2 heteroatoms. The van der Waals surface area contributed by atoms with Crippen LogP contribution in [0.2, 0.25) is 0 Å². The summed E-state index contributed by atoms with van der Waals surface area (Å²) in [4.78, 5) is 11.1. The van der Waals surface area contributed by atoms with Crippen molar-refractivity contribution in [3.05, 3.63) is 12.2 Å². The normalized spacial score (nSPS) is 26.4. The van der Waals surface area contributed by atoms with Crippen LogP contribution in [0.3, 0.4) is 0 Å². The molecular weight excluding hydrogens is 152 g/mol. The van der Waals surface area contributed by atoms with Gasteiger partial charge >= 0.3 is 5.97 Å². The monoisotopic (exact) mass is 168 g/mol. The lowest BCUT2D eigenvalue weighted by Gasteiger charge is -2.13. The van der Waals surface area contributed by atoms with E-state index in [-0.39, 0.29) is 12.1 Å². The molecule has 1 aliphatic heterocycles. The second kappa shape index (κ2) is 4.96. The van der Waals surface area contributed by atoms with E-state index in [2.05, 4.69) is 12.2 Å². The first-order valence-electron chi connectivity index (χ1n) is 4.63. The lowest BCUT2D eigenvalue weighted by molar-refractivity contribution is -0.148. The first-order chi connectivity index (χ1) is 5.79. The highest BCUT2D eigenvalue weighted by molar-refractivity contribution is 5.69. The minimum absolute atomic E-state index is 0.0611. The van der Waals surface area contributed by atoms with Gasteiger partial charge < -0.3 is 4.74 Å². The SMILES string of the molecule is CC1CCCC=CCCC(=O)O1. The van der Waals surface area contributed by atoms with Gasteiger partial charge in [-0.25, -0.2) is 0 Å². The third kappa shape index (κ3) is 3.56. The zero-order valence-electron chi connectivity index (χ0n) is 7.58. The third-order valence-electron chi connectivity index (χ3n) is 2.00. The van der Waals surface area contributed by atoms with E-state index in [0.29, 0.717) is 6.42 Å². The number of hydrogen-bond acceptors (Lipinski definition) is 2. The molecule has 68 valence electrons. The van der Waals surface area contributed by atoms with Gasteiger partial charge in [-0.1, -0.05) is 12.2 Å². The van der Waals surface area contributed by atoms with E-state index >= 15 is 0 Å². The molecular formula is C10H16O2. The molecule has 2 nitrogen and oxygen atoms in total. The summed E-state index contributed by atoms with van der Waals surface area (Å²) in [6, 6.07) is 0. The van der Waals surface area contributed by atoms with Crippen LogP contribution in [0.5, 0.6) is 0 Å². The first kappa shape index (κ1) is 9.30. The molecule has 1 atom stereocenters. The highest BCUT2D eigenvalue weighted by Gasteiger charge is 2.08. The van der Waals surface area contributed by atoms with Crippen LogP contribution >= 0.6 is 0 Å². The van der Waals surface area contributed by atoms with Crippen LogP contribution in [-0.4, -0.2) is 12.1 Å². The van der Waals surface area contributed by atoms with E-state index < -0.39 is 0 Å². The summed E-state index contributed by atoms with van der Waals surface area (Å²) in [7, 11) is 0. The van der Waals surface area contributed by atoms with Crippen LogP contribution in [0.15, 0.2) is 12.2 Å². The van der Waals surface area contributed by atoms with Crippen molar-refractivity contribution in [1.82, 2.24) is 0 Å². The van der Waals surface area contributed by atoms with Gasteiger partial charge in [-0.15, -0.1) is 0 Å². The van der Waals surface area contributed by atoms with Gasteiger partial charge in [-0.2, -0.15) is 0 Å². The number of hydrogen-bond donors (Lipinski definition) is 0. The van der Waals surface area contributed by atoms with Crippen LogP contribution in [0.4, 0.5) is 0 Å². The van der Waals surface area contributed by atoms with Crippen molar-refractivity contribution in [1.29, 1.82) is 0 Å². The second-order valence-corrected chi connectivity index (χ2v) is 3.24. The van der Waals surface area contributed by atoms with Crippen molar-refractivity contribution in [2.45, 2.75) is 45.1 Å². The fourth-order valence-corrected chi connectivity index (χ4v) is 1.30. The van der Waals surface area contributed by atoms with Gasteiger partial charge in [0.25, 0.3) is 0 Å². The molecule has 0 saturated heterocycles. The van der Waals surface area contributed by atoms with E-state index in [0.717, 1.165) is 25.7 Å². The molecule has 0 aromatic heterocycles. The number of ether oxygens (including phenoxy) is 1. The number of carbonyl (C=O) groups excluding carboxylic acids is 1. The molecule has 0 aromatic rings. The molecule has 0 spiro atoms. The van der Waals surface area contributed by atoms with Crippen LogP contribution in [-0.2, 0) is 9.53 Å². The van der Waals surface area contributed by atoms with Gasteiger partial charge in [-0.05, 0) is 32.6 Å². The van der Waals surface area contributed by atoms with E-state index in [1.807, 2.05) is 6.92 Å². The van der Waals surface area contributed by atoms with Crippen molar-refractivity contribution in [2.24, 2.45) is 0 Å².